The first-order valence-corrected chi connectivity index (χ1v) is 5.09. The summed E-state index contributed by atoms with van der Waals surface area (Å²) in [5, 5.41) is 0. The fraction of sp³-hybridized carbons (Fsp3) is 0.833. The van der Waals surface area contributed by atoms with Crippen LogP contribution in [0.25, 0.3) is 0 Å². The van der Waals surface area contributed by atoms with Crippen molar-refractivity contribution in [2.75, 3.05) is 27.7 Å². The van der Waals surface area contributed by atoms with Crippen molar-refractivity contribution >= 4 is 16.2 Å². The van der Waals surface area contributed by atoms with Crippen LogP contribution in [0.15, 0.2) is 0 Å². The molecule has 0 spiro atoms. The molecule has 0 aliphatic heterocycles. The molecule has 0 bridgehead atoms. The minimum atomic E-state index is -3.43. The fourth-order valence-corrected chi connectivity index (χ4v) is 1.27. The number of rotatable bonds is 5. The Hall–Kier alpha value is -0.660. The molecule has 0 heterocycles. The largest absolute Gasteiger partial charge is 0.469 e. The third-order valence-corrected chi connectivity index (χ3v) is 3.05. The molecule has 0 rings (SSSR count). The summed E-state index contributed by atoms with van der Waals surface area (Å²) in [7, 11) is 0.526. The van der Waals surface area contributed by atoms with E-state index < -0.39 is 16.2 Å². The van der Waals surface area contributed by atoms with Crippen molar-refractivity contribution in [2.45, 2.75) is 6.42 Å². The molecule has 7 heteroatoms. The van der Waals surface area contributed by atoms with Gasteiger partial charge >= 0.3 is 5.97 Å². The molecule has 6 nitrogen and oxygen atoms in total. The van der Waals surface area contributed by atoms with Gasteiger partial charge in [-0.15, -0.1) is 0 Å². The van der Waals surface area contributed by atoms with Gasteiger partial charge in [-0.2, -0.15) is 12.7 Å². The lowest BCUT2D eigenvalue weighted by Gasteiger charge is -2.14. The van der Waals surface area contributed by atoms with E-state index in [1.165, 1.54) is 21.2 Å². The smallest absolute Gasteiger partial charge is 0.306 e. The highest BCUT2D eigenvalue weighted by Crippen LogP contribution is 1.95. The first kappa shape index (κ1) is 12.3. The Kier molecular flexibility index (Phi) is 4.89. The molecule has 0 aromatic rings. The van der Waals surface area contributed by atoms with Crippen molar-refractivity contribution in [3.05, 3.63) is 0 Å². The predicted molar refractivity (Wildman–Crippen MR) is 47.2 cm³/mol. The van der Waals surface area contributed by atoms with Crippen molar-refractivity contribution in [1.82, 2.24) is 9.03 Å². The van der Waals surface area contributed by atoms with Gasteiger partial charge in [0.15, 0.2) is 0 Å². The molecule has 13 heavy (non-hydrogen) atoms. The maximum atomic E-state index is 11.1. The normalized spacial score (nSPS) is 11.7. The van der Waals surface area contributed by atoms with Crippen molar-refractivity contribution < 1.29 is 17.9 Å². The standard InChI is InChI=1S/C6H14N2O4S/c1-7-13(10,11)8(2)5-4-6(9)12-3/h7H,4-5H2,1-3H3. The maximum absolute atomic E-state index is 11.1. The molecule has 0 aliphatic rings. The van der Waals surface area contributed by atoms with Crippen LogP contribution in [0.3, 0.4) is 0 Å². The monoisotopic (exact) mass is 210 g/mol. The van der Waals surface area contributed by atoms with E-state index in [2.05, 4.69) is 9.46 Å². The van der Waals surface area contributed by atoms with E-state index in [0.29, 0.717) is 0 Å². The van der Waals surface area contributed by atoms with Crippen LogP contribution >= 0.6 is 0 Å². The van der Waals surface area contributed by atoms with E-state index in [1.54, 1.807) is 0 Å². The molecule has 0 aliphatic carbocycles. The Labute approximate surface area is 78.0 Å². The van der Waals surface area contributed by atoms with Gasteiger partial charge in [-0.1, -0.05) is 0 Å². The van der Waals surface area contributed by atoms with Crippen LogP contribution in [0.4, 0.5) is 0 Å². The third kappa shape index (κ3) is 4.20. The Bertz CT molecular complexity index is 262. The van der Waals surface area contributed by atoms with Gasteiger partial charge in [-0.3, -0.25) is 4.79 Å². The molecule has 0 aromatic heterocycles. The summed E-state index contributed by atoms with van der Waals surface area (Å²) in [5.41, 5.74) is 0. The molecular weight excluding hydrogens is 196 g/mol. The zero-order valence-corrected chi connectivity index (χ0v) is 8.72. The number of nitrogens with zero attached hydrogens (tertiary/aromatic N) is 1. The van der Waals surface area contributed by atoms with E-state index in [4.69, 9.17) is 0 Å². The van der Waals surface area contributed by atoms with E-state index >= 15 is 0 Å². The summed E-state index contributed by atoms with van der Waals surface area (Å²) >= 11 is 0. The van der Waals surface area contributed by atoms with Gasteiger partial charge in [0.05, 0.1) is 13.5 Å². The molecule has 0 atom stereocenters. The fourth-order valence-electron chi connectivity index (χ4n) is 0.627. The second kappa shape index (κ2) is 5.15. The number of carbonyl (C=O) groups excluding carboxylic acids is 1. The highest BCUT2D eigenvalue weighted by atomic mass is 32.2. The summed E-state index contributed by atoms with van der Waals surface area (Å²) in [4.78, 5) is 10.7. The second-order valence-electron chi connectivity index (χ2n) is 2.36. The number of methoxy groups -OCH3 is 1. The van der Waals surface area contributed by atoms with Crippen LogP contribution < -0.4 is 4.72 Å². The van der Waals surface area contributed by atoms with Crippen LogP contribution in [-0.2, 0) is 19.7 Å². The quantitative estimate of drug-likeness (QED) is 0.587. The molecule has 0 saturated heterocycles. The summed E-state index contributed by atoms with van der Waals surface area (Å²) in [6.45, 7) is 0.107. The van der Waals surface area contributed by atoms with E-state index in [-0.39, 0.29) is 13.0 Å². The van der Waals surface area contributed by atoms with Gasteiger partial charge in [-0.05, 0) is 0 Å². The predicted octanol–water partition coefficient (Wildman–Crippen LogP) is -1.05. The SMILES string of the molecule is CNS(=O)(=O)N(C)CCC(=O)OC. The highest BCUT2D eigenvalue weighted by Gasteiger charge is 2.15. The van der Waals surface area contributed by atoms with Crippen LogP contribution in [-0.4, -0.2) is 46.4 Å². The van der Waals surface area contributed by atoms with Gasteiger partial charge in [0.1, 0.15) is 0 Å². The summed E-state index contributed by atoms with van der Waals surface area (Å²) < 4.78 is 29.7. The van der Waals surface area contributed by atoms with Gasteiger partial charge < -0.3 is 4.74 Å². The van der Waals surface area contributed by atoms with Crippen LogP contribution in [0.2, 0.25) is 0 Å². The molecule has 0 amide bonds. The highest BCUT2D eigenvalue weighted by molar-refractivity contribution is 7.87. The van der Waals surface area contributed by atoms with Gasteiger partial charge in [0.2, 0.25) is 0 Å². The number of hydrogen-bond donors (Lipinski definition) is 1. The summed E-state index contributed by atoms with van der Waals surface area (Å²) in [6, 6.07) is 0. The average molecular weight is 210 g/mol. The minimum absolute atomic E-state index is 0.0495. The van der Waals surface area contributed by atoms with E-state index in [9.17, 15) is 13.2 Å². The molecule has 0 fully saturated rings. The third-order valence-electron chi connectivity index (χ3n) is 1.53. The minimum Gasteiger partial charge on any atom is -0.469 e. The van der Waals surface area contributed by atoms with Crippen LogP contribution in [0.1, 0.15) is 6.42 Å². The molecule has 0 radical (unpaired) electrons. The molecule has 0 aromatic carbocycles. The molecule has 78 valence electrons. The van der Waals surface area contributed by atoms with Gasteiger partial charge in [0, 0.05) is 20.6 Å². The van der Waals surface area contributed by atoms with Crippen molar-refractivity contribution in [3.63, 3.8) is 0 Å². The molecule has 0 saturated carbocycles. The molecular formula is C6H14N2O4S. The van der Waals surface area contributed by atoms with Gasteiger partial charge in [0.25, 0.3) is 10.2 Å². The zero-order chi connectivity index (χ0) is 10.5. The summed E-state index contributed by atoms with van der Waals surface area (Å²) in [6.07, 6.45) is 0.0495. The number of ether oxygens (including phenoxy) is 1. The Morgan fingerprint density at radius 3 is 2.46 bits per heavy atom. The van der Waals surface area contributed by atoms with E-state index in [1.807, 2.05) is 0 Å². The first-order valence-electron chi connectivity index (χ1n) is 3.65. The number of hydrogen-bond acceptors (Lipinski definition) is 4. The second-order valence-corrected chi connectivity index (χ2v) is 4.34. The lowest BCUT2D eigenvalue weighted by atomic mass is 10.4. The van der Waals surface area contributed by atoms with Crippen molar-refractivity contribution in [3.8, 4) is 0 Å². The Balaban J connectivity index is 4.02. The van der Waals surface area contributed by atoms with Crippen molar-refractivity contribution in [2.24, 2.45) is 0 Å². The lowest BCUT2D eigenvalue weighted by Crippen LogP contribution is -2.37. The Morgan fingerprint density at radius 2 is 2.08 bits per heavy atom. The molecule has 0 unspecified atom stereocenters. The first-order chi connectivity index (χ1) is 5.94. The number of carbonyl (C=O) groups is 1. The number of nitrogens with one attached hydrogen (secondary N) is 1. The van der Waals surface area contributed by atoms with E-state index in [0.717, 1.165) is 4.31 Å². The number of esters is 1. The summed E-state index contributed by atoms with van der Waals surface area (Å²) in [5.74, 6) is -0.432. The van der Waals surface area contributed by atoms with Crippen molar-refractivity contribution in [1.29, 1.82) is 0 Å². The van der Waals surface area contributed by atoms with Crippen LogP contribution in [0, 0.1) is 0 Å². The van der Waals surface area contributed by atoms with Gasteiger partial charge in [-0.25, -0.2) is 4.72 Å². The molecule has 1 N–H and O–H groups in total. The lowest BCUT2D eigenvalue weighted by molar-refractivity contribution is -0.140. The zero-order valence-electron chi connectivity index (χ0n) is 7.90. The average Bonchev–Trinajstić information content (AvgIpc) is 2.13. The van der Waals surface area contributed by atoms with Crippen LogP contribution in [0.5, 0.6) is 0 Å². The maximum Gasteiger partial charge on any atom is 0.306 e. The topological polar surface area (TPSA) is 75.7 Å². The Morgan fingerprint density at radius 1 is 1.54 bits per heavy atom.